The van der Waals surface area contributed by atoms with Gasteiger partial charge in [-0.2, -0.15) is 4.31 Å². The van der Waals surface area contributed by atoms with Crippen LogP contribution in [-0.4, -0.2) is 56.7 Å². The summed E-state index contributed by atoms with van der Waals surface area (Å²) in [6, 6.07) is -0.149. The molecule has 6 nitrogen and oxygen atoms in total. The minimum atomic E-state index is -3.60. The molecule has 20 heavy (non-hydrogen) atoms. The Kier molecular flexibility index (Phi) is 6.91. The molecule has 0 aromatic heterocycles. The minimum absolute atomic E-state index is 0.149. The monoisotopic (exact) mass is 306 g/mol. The molecule has 1 fully saturated rings. The first-order chi connectivity index (χ1) is 9.36. The Balaban J connectivity index is 2.70. The first-order valence-electron chi connectivity index (χ1n) is 7.22. The number of rotatable bonds is 7. The van der Waals surface area contributed by atoms with Gasteiger partial charge >= 0.3 is 5.97 Å². The van der Waals surface area contributed by atoms with Gasteiger partial charge in [0.2, 0.25) is 10.0 Å². The summed E-state index contributed by atoms with van der Waals surface area (Å²) in [4.78, 5) is 11.4. The van der Waals surface area contributed by atoms with Crippen LogP contribution >= 0.6 is 0 Å². The van der Waals surface area contributed by atoms with Crippen LogP contribution in [-0.2, 0) is 19.6 Å². The highest BCUT2D eigenvalue weighted by atomic mass is 32.2. The van der Waals surface area contributed by atoms with E-state index in [9.17, 15) is 13.2 Å². The molecule has 0 radical (unpaired) electrons. The molecule has 1 N–H and O–H groups in total. The highest BCUT2D eigenvalue weighted by molar-refractivity contribution is 7.89. The average Bonchev–Trinajstić information content (AvgIpc) is 2.36. The highest BCUT2D eigenvalue weighted by Gasteiger charge is 2.30. The summed E-state index contributed by atoms with van der Waals surface area (Å²) < 4.78 is 30.9. The number of carbonyl (C=O) groups excluding carboxylic acids is 1. The maximum absolute atomic E-state index is 12.3. The summed E-state index contributed by atoms with van der Waals surface area (Å²) in [5.41, 5.74) is 0. The lowest BCUT2D eigenvalue weighted by molar-refractivity contribution is -0.140. The Bertz CT molecular complexity index is 403. The maximum atomic E-state index is 12.3. The second-order valence-electron chi connectivity index (χ2n) is 5.42. The molecule has 0 unspecified atom stereocenters. The van der Waals surface area contributed by atoms with E-state index >= 15 is 0 Å². The van der Waals surface area contributed by atoms with E-state index in [4.69, 9.17) is 4.74 Å². The minimum Gasteiger partial charge on any atom is -0.465 e. The third-order valence-electron chi connectivity index (χ3n) is 3.44. The number of hydrogen-bond donors (Lipinski definition) is 1. The quantitative estimate of drug-likeness (QED) is 0.697. The van der Waals surface area contributed by atoms with Gasteiger partial charge in [0, 0.05) is 12.6 Å². The summed E-state index contributed by atoms with van der Waals surface area (Å²) in [7, 11) is -3.60. The summed E-state index contributed by atoms with van der Waals surface area (Å²) in [6.07, 6.45) is 1.94. The number of nitrogens with zero attached hydrogens (tertiary/aromatic N) is 1. The van der Waals surface area contributed by atoms with E-state index in [-0.39, 0.29) is 12.6 Å². The van der Waals surface area contributed by atoms with Gasteiger partial charge in [0.25, 0.3) is 0 Å². The van der Waals surface area contributed by atoms with Crippen LogP contribution in [0.3, 0.4) is 0 Å². The lowest BCUT2D eigenvalue weighted by Crippen LogP contribution is -2.45. The zero-order chi connectivity index (χ0) is 15.2. The van der Waals surface area contributed by atoms with Crippen LogP contribution < -0.4 is 5.32 Å². The van der Waals surface area contributed by atoms with Gasteiger partial charge < -0.3 is 10.1 Å². The van der Waals surface area contributed by atoms with Crippen molar-refractivity contribution in [2.45, 2.75) is 39.7 Å². The fraction of sp³-hybridized carbons (Fsp3) is 0.923. The first kappa shape index (κ1) is 17.4. The number of carbonyl (C=O) groups is 1. The molecule has 0 aromatic carbocycles. The Morgan fingerprint density at radius 2 is 1.95 bits per heavy atom. The van der Waals surface area contributed by atoms with Crippen molar-refractivity contribution >= 4 is 16.0 Å². The molecule has 1 rings (SSSR count). The fourth-order valence-corrected chi connectivity index (χ4v) is 4.03. The number of piperidine rings is 1. The Morgan fingerprint density at radius 1 is 1.35 bits per heavy atom. The van der Waals surface area contributed by atoms with Gasteiger partial charge in [-0.1, -0.05) is 0 Å². The zero-order valence-electron chi connectivity index (χ0n) is 12.6. The van der Waals surface area contributed by atoms with Crippen molar-refractivity contribution in [3.05, 3.63) is 0 Å². The van der Waals surface area contributed by atoms with E-state index in [1.54, 1.807) is 6.92 Å². The van der Waals surface area contributed by atoms with Crippen molar-refractivity contribution in [3.8, 4) is 0 Å². The smallest absolute Gasteiger partial charge is 0.322 e. The summed E-state index contributed by atoms with van der Waals surface area (Å²) in [5.74, 6) is -0.886. The Morgan fingerprint density at radius 3 is 2.45 bits per heavy atom. The second-order valence-corrected chi connectivity index (χ2v) is 7.34. The van der Waals surface area contributed by atoms with Gasteiger partial charge in [0.1, 0.15) is 0 Å². The van der Waals surface area contributed by atoms with Gasteiger partial charge in [-0.3, -0.25) is 4.79 Å². The molecule has 0 bridgehead atoms. The van der Waals surface area contributed by atoms with Gasteiger partial charge in [0.05, 0.1) is 6.61 Å². The predicted molar refractivity (Wildman–Crippen MR) is 77.9 cm³/mol. The molecule has 118 valence electrons. The average molecular weight is 306 g/mol. The zero-order valence-corrected chi connectivity index (χ0v) is 13.4. The number of sulfonamides is 1. The molecule has 1 aliphatic rings. The van der Waals surface area contributed by atoms with Crippen molar-refractivity contribution in [1.82, 2.24) is 9.62 Å². The van der Waals surface area contributed by atoms with Crippen molar-refractivity contribution in [3.63, 3.8) is 0 Å². The molecule has 0 aromatic rings. The predicted octanol–water partition coefficient (Wildman–Crippen LogP) is 0.589. The van der Waals surface area contributed by atoms with Crippen molar-refractivity contribution in [2.24, 2.45) is 5.92 Å². The molecule has 1 saturated heterocycles. The number of ether oxygens (including phenoxy) is 1. The van der Waals surface area contributed by atoms with Crippen LogP contribution in [0.2, 0.25) is 0 Å². The van der Waals surface area contributed by atoms with Crippen molar-refractivity contribution in [1.29, 1.82) is 0 Å². The van der Waals surface area contributed by atoms with Gasteiger partial charge in [-0.15, -0.1) is 0 Å². The second kappa shape index (κ2) is 7.95. The molecule has 7 heteroatoms. The van der Waals surface area contributed by atoms with Crippen LogP contribution in [0, 0.1) is 5.92 Å². The molecule has 0 spiro atoms. The van der Waals surface area contributed by atoms with E-state index in [1.807, 2.05) is 13.8 Å². The van der Waals surface area contributed by atoms with E-state index in [1.165, 1.54) is 4.31 Å². The van der Waals surface area contributed by atoms with Crippen LogP contribution in [0.15, 0.2) is 0 Å². The summed E-state index contributed by atoms with van der Waals surface area (Å²) in [5, 5.41) is 3.26. The molecule has 0 aliphatic carbocycles. The Hall–Kier alpha value is -0.660. The van der Waals surface area contributed by atoms with Crippen LogP contribution in [0.25, 0.3) is 0 Å². The van der Waals surface area contributed by atoms with Gasteiger partial charge in [-0.05, 0) is 52.6 Å². The number of nitrogens with one attached hydrogen (secondary N) is 1. The highest BCUT2D eigenvalue weighted by Crippen LogP contribution is 2.18. The van der Waals surface area contributed by atoms with Gasteiger partial charge in [0.15, 0.2) is 5.75 Å². The summed E-state index contributed by atoms with van der Waals surface area (Å²) in [6.45, 7) is 7.88. The normalized spacial score (nSPS) is 17.6. The van der Waals surface area contributed by atoms with Gasteiger partial charge in [-0.25, -0.2) is 8.42 Å². The molecule has 1 heterocycles. The Labute approximate surface area is 121 Å². The molecule has 0 saturated carbocycles. The standard InChI is InChI=1S/C13H26N2O4S/c1-4-19-13(16)10-20(17,18)15(11(2)3)9-12-5-7-14-8-6-12/h11-12,14H,4-10H2,1-3H3. The number of esters is 1. The van der Waals surface area contributed by atoms with Crippen molar-refractivity contribution < 1.29 is 17.9 Å². The third-order valence-corrected chi connectivity index (χ3v) is 5.32. The first-order valence-corrected chi connectivity index (χ1v) is 8.83. The van der Waals surface area contributed by atoms with E-state index in [0.29, 0.717) is 12.5 Å². The fourth-order valence-electron chi connectivity index (χ4n) is 2.40. The SMILES string of the molecule is CCOC(=O)CS(=O)(=O)N(CC1CCNCC1)C(C)C. The van der Waals surface area contributed by atoms with Crippen molar-refractivity contribution in [2.75, 3.05) is 32.0 Å². The third kappa shape index (κ3) is 5.38. The molecule has 1 aliphatic heterocycles. The lowest BCUT2D eigenvalue weighted by Gasteiger charge is -2.31. The number of hydrogen-bond acceptors (Lipinski definition) is 5. The van der Waals surface area contributed by atoms with E-state index in [2.05, 4.69) is 5.32 Å². The topological polar surface area (TPSA) is 75.7 Å². The molecular formula is C13H26N2O4S. The van der Waals surface area contributed by atoms with Crippen LogP contribution in [0.1, 0.15) is 33.6 Å². The molecule has 0 amide bonds. The maximum Gasteiger partial charge on any atom is 0.322 e. The molecule has 0 atom stereocenters. The molecular weight excluding hydrogens is 280 g/mol. The van der Waals surface area contributed by atoms with Crippen LogP contribution in [0.5, 0.6) is 0 Å². The largest absolute Gasteiger partial charge is 0.465 e. The lowest BCUT2D eigenvalue weighted by atomic mass is 9.98. The summed E-state index contributed by atoms with van der Waals surface area (Å²) >= 11 is 0. The van der Waals surface area contributed by atoms with E-state index in [0.717, 1.165) is 25.9 Å². The van der Waals surface area contributed by atoms with Crippen LogP contribution in [0.4, 0.5) is 0 Å². The van der Waals surface area contributed by atoms with E-state index < -0.39 is 21.7 Å².